The highest BCUT2D eigenvalue weighted by molar-refractivity contribution is 5.34. The van der Waals surface area contributed by atoms with E-state index in [-0.39, 0.29) is 0 Å². The molecule has 1 fully saturated rings. The van der Waals surface area contributed by atoms with Crippen LogP contribution in [0.5, 0.6) is 0 Å². The van der Waals surface area contributed by atoms with Crippen molar-refractivity contribution in [3.05, 3.63) is 35.4 Å². The van der Waals surface area contributed by atoms with Gasteiger partial charge in [-0.1, -0.05) is 12.1 Å². The van der Waals surface area contributed by atoms with E-state index in [1.165, 1.54) is 18.4 Å². The summed E-state index contributed by atoms with van der Waals surface area (Å²) in [5.74, 6) is 0.627. The summed E-state index contributed by atoms with van der Waals surface area (Å²) in [6, 6.07) is 10.7. The average Bonchev–Trinajstić information content (AvgIpc) is 2.39. The fourth-order valence-electron chi connectivity index (χ4n) is 3.05. The molecule has 2 unspecified atom stereocenters. The lowest BCUT2D eigenvalue weighted by Crippen LogP contribution is -2.39. The molecule has 18 heavy (non-hydrogen) atoms. The Morgan fingerprint density at radius 2 is 2.33 bits per heavy atom. The topological polar surface area (TPSA) is 39.1 Å². The number of nitrogens with one attached hydrogen (secondary N) is 1. The zero-order valence-corrected chi connectivity index (χ0v) is 11.2. The molecule has 0 bridgehead atoms. The van der Waals surface area contributed by atoms with Crippen LogP contribution in [0.4, 0.5) is 0 Å². The highest BCUT2D eigenvalue weighted by Crippen LogP contribution is 2.34. The summed E-state index contributed by atoms with van der Waals surface area (Å²) >= 11 is 0. The summed E-state index contributed by atoms with van der Waals surface area (Å²) in [5, 5.41) is 12.3. The number of benzene rings is 1. The van der Waals surface area contributed by atoms with Crippen molar-refractivity contribution in [2.75, 3.05) is 27.2 Å². The molecule has 96 valence electrons. The summed E-state index contributed by atoms with van der Waals surface area (Å²) in [6.07, 6.45) is 2.52. The summed E-state index contributed by atoms with van der Waals surface area (Å²) in [4.78, 5) is 2.42. The first-order valence-corrected chi connectivity index (χ1v) is 6.61. The molecule has 1 aromatic rings. The number of nitriles is 1. The van der Waals surface area contributed by atoms with Gasteiger partial charge < -0.3 is 5.32 Å². The average molecular weight is 243 g/mol. The van der Waals surface area contributed by atoms with E-state index < -0.39 is 0 Å². The Morgan fingerprint density at radius 1 is 1.50 bits per heavy atom. The lowest BCUT2D eigenvalue weighted by molar-refractivity contribution is 0.121. The van der Waals surface area contributed by atoms with Crippen LogP contribution in [0, 0.1) is 17.2 Å². The maximum atomic E-state index is 9.02. The molecule has 0 amide bonds. The van der Waals surface area contributed by atoms with Crippen molar-refractivity contribution < 1.29 is 0 Å². The van der Waals surface area contributed by atoms with Gasteiger partial charge in [-0.25, -0.2) is 0 Å². The molecule has 2 atom stereocenters. The van der Waals surface area contributed by atoms with Gasteiger partial charge in [-0.2, -0.15) is 5.26 Å². The molecule has 0 aliphatic carbocycles. The minimum atomic E-state index is 0.430. The van der Waals surface area contributed by atoms with Crippen LogP contribution < -0.4 is 5.32 Å². The van der Waals surface area contributed by atoms with Gasteiger partial charge in [0.05, 0.1) is 11.6 Å². The third-order valence-corrected chi connectivity index (χ3v) is 3.83. The Labute approximate surface area is 109 Å². The van der Waals surface area contributed by atoms with Gasteiger partial charge >= 0.3 is 0 Å². The van der Waals surface area contributed by atoms with E-state index in [4.69, 9.17) is 5.26 Å². The summed E-state index contributed by atoms with van der Waals surface area (Å²) in [6.45, 7) is 2.17. The standard InChI is InChI=1S/C15H21N3/c1-17-11-14-7-4-8-18(2)15(14)13-6-3-5-12(9-13)10-16/h3,5-6,9,14-15,17H,4,7-8,11H2,1-2H3. The number of hydrogen-bond donors (Lipinski definition) is 1. The Morgan fingerprint density at radius 3 is 3.06 bits per heavy atom. The second kappa shape index (κ2) is 5.99. The van der Waals surface area contributed by atoms with Crippen LogP contribution in [0.15, 0.2) is 24.3 Å². The highest BCUT2D eigenvalue weighted by atomic mass is 15.1. The van der Waals surface area contributed by atoms with Crippen LogP contribution in [0.2, 0.25) is 0 Å². The fourth-order valence-corrected chi connectivity index (χ4v) is 3.05. The second-order valence-electron chi connectivity index (χ2n) is 5.12. The summed E-state index contributed by atoms with van der Waals surface area (Å²) in [7, 11) is 4.20. The molecule has 1 aliphatic heterocycles. The van der Waals surface area contributed by atoms with E-state index in [9.17, 15) is 0 Å². The predicted octanol–water partition coefficient (Wildman–Crippen LogP) is 2.16. The SMILES string of the molecule is CNCC1CCCN(C)C1c1cccc(C#N)c1. The van der Waals surface area contributed by atoms with Gasteiger partial charge in [-0.05, 0) is 63.6 Å². The molecule has 1 N–H and O–H groups in total. The zero-order chi connectivity index (χ0) is 13.0. The van der Waals surface area contributed by atoms with Crippen molar-refractivity contribution >= 4 is 0 Å². The Bertz CT molecular complexity index is 434. The fraction of sp³-hybridized carbons (Fsp3) is 0.533. The third-order valence-electron chi connectivity index (χ3n) is 3.83. The van der Waals surface area contributed by atoms with Gasteiger partial charge in [0, 0.05) is 6.04 Å². The van der Waals surface area contributed by atoms with E-state index in [1.807, 2.05) is 25.2 Å². The van der Waals surface area contributed by atoms with E-state index >= 15 is 0 Å². The van der Waals surface area contributed by atoms with Crippen LogP contribution in [0.1, 0.15) is 30.0 Å². The molecule has 1 aliphatic rings. The molecule has 2 rings (SSSR count). The number of piperidine rings is 1. The van der Waals surface area contributed by atoms with Crippen molar-refractivity contribution in [1.82, 2.24) is 10.2 Å². The van der Waals surface area contributed by atoms with Gasteiger partial charge in [-0.15, -0.1) is 0 Å². The molecule has 0 radical (unpaired) electrons. The lowest BCUT2D eigenvalue weighted by Gasteiger charge is -2.39. The maximum Gasteiger partial charge on any atom is 0.0991 e. The van der Waals surface area contributed by atoms with Crippen molar-refractivity contribution in [3.8, 4) is 6.07 Å². The van der Waals surface area contributed by atoms with Crippen molar-refractivity contribution in [1.29, 1.82) is 5.26 Å². The Balaban J connectivity index is 2.28. The minimum Gasteiger partial charge on any atom is -0.319 e. The largest absolute Gasteiger partial charge is 0.319 e. The normalized spacial score (nSPS) is 24.7. The lowest BCUT2D eigenvalue weighted by atomic mass is 9.84. The molecule has 0 saturated carbocycles. The Kier molecular flexibility index (Phi) is 4.35. The van der Waals surface area contributed by atoms with Crippen LogP contribution in [-0.4, -0.2) is 32.1 Å². The highest BCUT2D eigenvalue weighted by Gasteiger charge is 2.29. The number of likely N-dealkylation sites (tertiary alicyclic amines) is 1. The van der Waals surface area contributed by atoms with Crippen LogP contribution in [-0.2, 0) is 0 Å². The van der Waals surface area contributed by atoms with E-state index in [1.54, 1.807) is 0 Å². The van der Waals surface area contributed by atoms with Gasteiger partial charge in [0.2, 0.25) is 0 Å². The molecule has 3 heteroatoms. The van der Waals surface area contributed by atoms with Crippen molar-refractivity contribution in [3.63, 3.8) is 0 Å². The monoisotopic (exact) mass is 243 g/mol. The predicted molar refractivity (Wildman–Crippen MR) is 73.2 cm³/mol. The minimum absolute atomic E-state index is 0.430. The smallest absolute Gasteiger partial charge is 0.0991 e. The molecule has 0 aromatic heterocycles. The first-order valence-electron chi connectivity index (χ1n) is 6.61. The van der Waals surface area contributed by atoms with Crippen LogP contribution in [0.3, 0.4) is 0 Å². The molecular formula is C15H21N3. The van der Waals surface area contributed by atoms with Gasteiger partial charge in [0.15, 0.2) is 0 Å². The third kappa shape index (κ3) is 2.72. The summed E-state index contributed by atoms with van der Waals surface area (Å²) in [5.41, 5.74) is 2.03. The van der Waals surface area contributed by atoms with E-state index in [2.05, 4.69) is 29.4 Å². The van der Waals surface area contributed by atoms with Crippen molar-refractivity contribution in [2.45, 2.75) is 18.9 Å². The summed E-state index contributed by atoms with van der Waals surface area (Å²) < 4.78 is 0. The van der Waals surface area contributed by atoms with Gasteiger partial charge in [0.1, 0.15) is 0 Å². The van der Waals surface area contributed by atoms with Crippen molar-refractivity contribution in [2.24, 2.45) is 5.92 Å². The second-order valence-corrected chi connectivity index (χ2v) is 5.12. The molecule has 3 nitrogen and oxygen atoms in total. The van der Waals surface area contributed by atoms with Gasteiger partial charge in [0.25, 0.3) is 0 Å². The molecular weight excluding hydrogens is 222 g/mol. The molecule has 1 aromatic carbocycles. The van der Waals surface area contributed by atoms with Crippen LogP contribution in [0.25, 0.3) is 0 Å². The first-order chi connectivity index (χ1) is 8.76. The van der Waals surface area contributed by atoms with E-state index in [0.29, 0.717) is 12.0 Å². The Hall–Kier alpha value is -1.37. The molecule has 1 heterocycles. The molecule has 1 saturated heterocycles. The zero-order valence-electron chi connectivity index (χ0n) is 11.2. The van der Waals surface area contributed by atoms with Crippen LogP contribution >= 0.6 is 0 Å². The number of nitrogens with zero attached hydrogens (tertiary/aromatic N) is 2. The van der Waals surface area contributed by atoms with E-state index in [0.717, 1.165) is 18.7 Å². The van der Waals surface area contributed by atoms with Gasteiger partial charge in [-0.3, -0.25) is 4.90 Å². The molecule has 0 spiro atoms. The number of rotatable bonds is 3. The maximum absolute atomic E-state index is 9.02. The quantitative estimate of drug-likeness (QED) is 0.884. The first kappa shape index (κ1) is 13.1. The number of hydrogen-bond acceptors (Lipinski definition) is 3.